The van der Waals surface area contributed by atoms with Crippen LogP contribution in [0.2, 0.25) is 5.02 Å². The molecular weight excluding hydrogens is 234 g/mol. The highest BCUT2D eigenvalue weighted by Gasteiger charge is 2.19. The van der Waals surface area contributed by atoms with E-state index in [-0.39, 0.29) is 5.41 Å². The van der Waals surface area contributed by atoms with Crippen LogP contribution in [-0.2, 0) is 0 Å². The molecule has 0 amide bonds. The van der Waals surface area contributed by atoms with Crippen LogP contribution in [0.1, 0.15) is 13.8 Å². The molecule has 4 heteroatoms. The zero-order chi connectivity index (χ0) is 13.1. The Morgan fingerprint density at radius 2 is 2.00 bits per heavy atom. The Morgan fingerprint density at radius 3 is 2.59 bits per heavy atom. The fourth-order valence-electron chi connectivity index (χ4n) is 1.94. The molecule has 0 unspecified atom stereocenters. The molecule has 0 heterocycles. The van der Waals surface area contributed by atoms with Crippen LogP contribution in [0, 0.1) is 5.41 Å². The molecule has 0 aliphatic heterocycles. The summed E-state index contributed by atoms with van der Waals surface area (Å²) in [5, 5.41) is 3.96. The van der Waals surface area contributed by atoms with Crippen molar-refractivity contribution in [2.75, 3.05) is 38.2 Å². The van der Waals surface area contributed by atoms with Gasteiger partial charge in [-0.05, 0) is 31.6 Å². The Morgan fingerprint density at radius 1 is 1.35 bits per heavy atom. The van der Waals surface area contributed by atoms with Crippen LogP contribution >= 0.6 is 11.6 Å². The summed E-state index contributed by atoms with van der Waals surface area (Å²) >= 11 is 5.97. The first kappa shape index (κ1) is 14.1. The van der Waals surface area contributed by atoms with Crippen molar-refractivity contribution < 1.29 is 0 Å². The zero-order valence-corrected chi connectivity index (χ0v) is 11.8. The number of benzene rings is 1. The van der Waals surface area contributed by atoms with Crippen LogP contribution in [0.5, 0.6) is 0 Å². The summed E-state index contributed by atoms with van der Waals surface area (Å²) < 4.78 is 0. The monoisotopic (exact) mass is 255 g/mol. The first-order chi connectivity index (χ1) is 7.82. The van der Waals surface area contributed by atoms with Crippen LogP contribution in [0.3, 0.4) is 0 Å². The highest BCUT2D eigenvalue weighted by atomic mass is 35.5. The molecule has 0 aliphatic rings. The number of rotatable bonds is 5. The second kappa shape index (κ2) is 5.61. The topological polar surface area (TPSA) is 41.3 Å². The Bertz CT molecular complexity index is 375. The second-order valence-electron chi connectivity index (χ2n) is 5.46. The number of hydrogen-bond acceptors (Lipinski definition) is 3. The summed E-state index contributed by atoms with van der Waals surface area (Å²) in [7, 11) is 4.16. The van der Waals surface area contributed by atoms with Crippen molar-refractivity contribution in [3.63, 3.8) is 0 Å². The molecule has 0 aliphatic carbocycles. The smallest absolute Gasteiger partial charge is 0.0739 e. The van der Waals surface area contributed by atoms with Gasteiger partial charge >= 0.3 is 0 Å². The van der Waals surface area contributed by atoms with Crippen molar-refractivity contribution in [3.8, 4) is 0 Å². The van der Waals surface area contributed by atoms with E-state index in [1.165, 1.54) is 0 Å². The largest absolute Gasteiger partial charge is 0.396 e. The molecule has 0 spiro atoms. The molecule has 17 heavy (non-hydrogen) atoms. The normalized spacial score (nSPS) is 11.9. The van der Waals surface area contributed by atoms with Gasteiger partial charge in [-0.15, -0.1) is 0 Å². The van der Waals surface area contributed by atoms with Gasteiger partial charge in [-0.1, -0.05) is 31.5 Å². The molecule has 96 valence electrons. The molecule has 0 radical (unpaired) electrons. The molecule has 1 rings (SSSR count). The van der Waals surface area contributed by atoms with Crippen LogP contribution in [-0.4, -0.2) is 32.1 Å². The minimum absolute atomic E-state index is 0.179. The number of hydrogen-bond donors (Lipinski definition) is 2. The number of nitrogens with two attached hydrogens (primary N) is 1. The van der Waals surface area contributed by atoms with Crippen LogP contribution in [0.15, 0.2) is 18.2 Å². The van der Waals surface area contributed by atoms with Gasteiger partial charge in [0.05, 0.1) is 16.4 Å². The van der Waals surface area contributed by atoms with Crippen molar-refractivity contribution in [1.82, 2.24) is 4.90 Å². The summed E-state index contributed by atoms with van der Waals surface area (Å²) in [5.41, 5.74) is 7.61. The fraction of sp³-hybridized carbons (Fsp3) is 0.538. The van der Waals surface area contributed by atoms with E-state index in [0.717, 1.165) is 18.8 Å². The maximum Gasteiger partial charge on any atom is 0.0739 e. The minimum Gasteiger partial charge on any atom is -0.396 e. The number of nitrogens with zero attached hydrogens (tertiary/aromatic N) is 1. The molecule has 0 fully saturated rings. The average molecular weight is 256 g/mol. The molecule has 0 saturated heterocycles. The molecular formula is C13H22ClN3. The first-order valence-corrected chi connectivity index (χ1v) is 6.12. The maximum absolute atomic E-state index is 5.97. The highest BCUT2D eigenvalue weighted by Crippen LogP contribution is 2.28. The third-order valence-corrected chi connectivity index (χ3v) is 2.88. The summed E-state index contributed by atoms with van der Waals surface area (Å²) in [4.78, 5) is 2.18. The lowest BCUT2D eigenvalue weighted by molar-refractivity contribution is 0.254. The number of anilines is 2. The number of para-hydroxylation sites is 1. The van der Waals surface area contributed by atoms with Gasteiger partial charge in [0.1, 0.15) is 0 Å². The summed E-state index contributed by atoms with van der Waals surface area (Å²) in [5.74, 6) is 0. The predicted molar refractivity (Wildman–Crippen MR) is 76.7 cm³/mol. The van der Waals surface area contributed by atoms with Gasteiger partial charge in [0.15, 0.2) is 0 Å². The molecule has 3 N–H and O–H groups in total. The lowest BCUT2D eigenvalue weighted by atomic mass is 9.93. The predicted octanol–water partition coefficient (Wildman–Crippen LogP) is 2.92. The van der Waals surface area contributed by atoms with Crippen molar-refractivity contribution in [2.24, 2.45) is 5.41 Å². The number of nitrogens with one attached hydrogen (secondary N) is 1. The Balaban J connectivity index is 2.64. The van der Waals surface area contributed by atoms with Gasteiger partial charge in [0.25, 0.3) is 0 Å². The molecule has 0 bridgehead atoms. The second-order valence-corrected chi connectivity index (χ2v) is 5.86. The van der Waals surface area contributed by atoms with E-state index >= 15 is 0 Å². The van der Waals surface area contributed by atoms with Gasteiger partial charge in [0.2, 0.25) is 0 Å². The third kappa shape index (κ3) is 4.44. The number of nitrogen functional groups attached to an aromatic ring is 1. The van der Waals surface area contributed by atoms with E-state index < -0.39 is 0 Å². The SMILES string of the molecule is CN(C)CC(C)(C)CNc1cccc(Cl)c1N. The van der Waals surface area contributed by atoms with Crippen LogP contribution < -0.4 is 11.1 Å². The van der Waals surface area contributed by atoms with Gasteiger partial charge in [0, 0.05) is 13.1 Å². The van der Waals surface area contributed by atoms with Crippen LogP contribution in [0.25, 0.3) is 0 Å². The molecule has 0 atom stereocenters. The maximum atomic E-state index is 5.97. The van der Waals surface area contributed by atoms with Crippen molar-refractivity contribution in [1.29, 1.82) is 0 Å². The van der Waals surface area contributed by atoms with Gasteiger partial charge in [-0.3, -0.25) is 0 Å². The third-order valence-electron chi connectivity index (χ3n) is 2.55. The molecule has 1 aromatic carbocycles. The van der Waals surface area contributed by atoms with Crippen molar-refractivity contribution in [2.45, 2.75) is 13.8 Å². The van der Waals surface area contributed by atoms with Crippen molar-refractivity contribution in [3.05, 3.63) is 23.2 Å². The molecule has 1 aromatic rings. The van der Waals surface area contributed by atoms with E-state index in [4.69, 9.17) is 17.3 Å². The van der Waals surface area contributed by atoms with E-state index in [1.54, 1.807) is 6.07 Å². The summed E-state index contributed by atoms with van der Waals surface area (Å²) in [6.07, 6.45) is 0. The zero-order valence-electron chi connectivity index (χ0n) is 11.0. The number of halogens is 1. The average Bonchev–Trinajstić information content (AvgIpc) is 2.18. The Labute approximate surface area is 109 Å². The summed E-state index contributed by atoms with van der Waals surface area (Å²) in [6, 6.07) is 5.65. The molecule has 0 aromatic heterocycles. The minimum atomic E-state index is 0.179. The summed E-state index contributed by atoms with van der Waals surface area (Å²) in [6.45, 7) is 6.32. The van der Waals surface area contributed by atoms with Gasteiger partial charge in [-0.25, -0.2) is 0 Å². The van der Waals surface area contributed by atoms with Gasteiger partial charge < -0.3 is 16.0 Å². The molecule has 0 saturated carbocycles. The van der Waals surface area contributed by atoms with E-state index in [1.807, 2.05) is 12.1 Å². The highest BCUT2D eigenvalue weighted by molar-refractivity contribution is 6.33. The Kier molecular flexibility index (Phi) is 4.66. The van der Waals surface area contributed by atoms with E-state index in [2.05, 4.69) is 38.2 Å². The van der Waals surface area contributed by atoms with Gasteiger partial charge in [-0.2, -0.15) is 0 Å². The fourth-order valence-corrected chi connectivity index (χ4v) is 2.11. The van der Waals surface area contributed by atoms with E-state index in [0.29, 0.717) is 10.7 Å². The first-order valence-electron chi connectivity index (χ1n) is 5.74. The Hall–Kier alpha value is -0.930. The lowest BCUT2D eigenvalue weighted by Gasteiger charge is -2.29. The van der Waals surface area contributed by atoms with Crippen molar-refractivity contribution >= 4 is 23.0 Å². The van der Waals surface area contributed by atoms with E-state index in [9.17, 15) is 0 Å². The quantitative estimate of drug-likeness (QED) is 0.795. The lowest BCUT2D eigenvalue weighted by Crippen LogP contribution is -2.34. The van der Waals surface area contributed by atoms with Crippen LogP contribution in [0.4, 0.5) is 11.4 Å². The standard InChI is InChI=1S/C13H22ClN3/c1-13(2,9-17(3)4)8-16-11-7-5-6-10(14)12(11)15/h5-7,16H,8-9,15H2,1-4H3. The molecule has 3 nitrogen and oxygen atoms in total.